The number of epoxide rings is 1. The van der Waals surface area contributed by atoms with Crippen LogP contribution in [0.1, 0.15) is 23.3 Å². The predicted octanol–water partition coefficient (Wildman–Crippen LogP) is 4.10. The van der Waals surface area contributed by atoms with Crippen LogP contribution in [0.25, 0.3) is 0 Å². The van der Waals surface area contributed by atoms with Crippen molar-refractivity contribution in [3.63, 3.8) is 0 Å². The first-order valence-corrected chi connectivity index (χ1v) is 6.24. The van der Waals surface area contributed by atoms with Gasteiger partial charge in [-0.15, -0.1) is 0 Å². The maximum Gasteiger partial charge on any atom is 0.269 e. The van der Waals surface area contributed by atoms with Crippen molar-refractivity contribution in [3.8, 4) is 0 Å². The lowest BCUT2D eigenvalue weighted by atomic mass is 10.0. The maximum atomic E-state index is 13.7. The van der Waals surface area contributed by atoms with Gasteiger partial charge in [-0.2, -0.15) is 0 Å². The van der Waals surface area contributed by atoms with Gasteiger partial charge in [-0.1, -0.05) is 0 Å². The number of ether oxygens (including phenoxy) is 1. The van der Waals surface area contributed by atoms with Crippen LogP contribution in [-0.4, -0.2) is 4.92 Å². The van der Waals surface area contributed by atoms with Crippen LogP contribution in [0.5, 0.6) is 0 Å². The van der Waals surface area contributed by atoms with Gasteiger partial charge in [0.25, 0.3) is 5.69 Å². The van der Waals surface area contributed by atoms with Gasteiger partial charge in [0.1, 0.15) is 12.2 Å². The second kappa shape index (κ2) is 5.27. The van der Waals surface area contributed by atoms with Crippen molar-refractivity contribution in [2.45, 2.75) is 12.2 Å². The van der Waals surface area contributed by atoms with Gasteiger partial charge in [-0.25, -0.2) is 22.0 Å². The molecule has 4 nitrogen and oxygen atoms in total. The second-order valence-electron chi connectivity index (χ2n) is 4.81. The molecule has 120 valence electrons. The molecule has 0 spiro atoms. The first-order chi connectivity index (χ1) is 10.8. The fourth-order valence-electron chi connectivity index (χ4n) is 2.24. The van der Waals surface area contributed by atoms with Crippen molar-refractivity contribution in [3.05, 3.63) is 74.6 Å². The normalized spacial score (nSPS) is 19.7. The molecule has 2 aromatic carbocycles. The lowest BCUT2D eigenvalue weighted by molar-refractivity contribution is -0.384. The highest BCUT2D eigenvalue weighted by Gasteiger charge is 2.47. The van der Waals surface area contributed by atoms with Crippen LogP contribution in [-0.2, 0) is 4.74 Å². The summed E-state index contributed by atoms with van der Waals surface area (Å²) in [7, 11) is 0. The van der Waals surface area contributed by atoms with Crippen LogP contribution in [0.2, 0.25) is 0 Å². The molecule has 1 aliphatic rings. The van der Waals surface area contributed by atoms with Gasteiger partial charge in [0.05, 0.1) is 10.5 Å². The van der Waals surface area contributed by atoms with Crippen molar-refractivity contribution in [2.24, 2.45) is 0 Å². The Labute approximate surface area is 125 Å². The van der Waals surface area contributed by atoms with E-state index in [0.717, 1.165) is 12.1 Å². The van der Waals surface area contributed by atoms with Crippen molar-refractivity contribution < 1.29 is 31.6 Å². The highest BCUT2D eigenvalue weighted by Crippen LogP contribution is 2.53. The lowest BCUT2D eigenvalue weighted by Gasteiger charge is -2.05. The topological polar surface area (TPSA) is 55.7 Å². The zero-order valence-corrected chi connectivity index (χ0v) is 11.0. The van der Waals surface area contributed by atoms with E-state index in [4.69, 9.17) is 4.74 Å². The lowest BCUT2D eigenvalue weighted by Crippen LogP contribution is -2.06. The molecule has 3 rings (SSSR count). The monoisotopic (exact) mass is 331 g/mol. The third kappa shape index (κ3) is 2.42. The maximum absolute atomic E-state index is 13.7. The predicted molar refractivity (Wildman–Crippen MR) is 65.9 cm³/mol. The molecule has 9 heteroatoms. The molecule has 0 aromatic heterocycles. The third-order valence-electron chi connectivity index (χ3n) is 3.45. The van der Waals surface area contributed by atoms with Crippen LogP contribution in [0, 0.1) is 39.2 Å². The molecule has 0 unspecified atom stereocenters. The van der Waals surface area contributed by atoms with E-state index in [9.17, 15) is 32.1 Å². The molecular weight excluding hydrogens is 325 g/mol. The van der Waals surface area contributed by atoms with E-state index in [-0.39, 0.29) is 5.69 Å². The Balaban J connectivity index is 1.93. The van der Waals surface area contributed by atoms with Crippen LogP contribution in [0.15, 0.2) is 24.3 Å². The van der Waals surface area contributed by atoms with E-state index in [1.54, 1.807) is 0 Å². The van der Waals surface area contributed by atoms with Crippen LogP contribution in [0.4, 0.5) is 27.6 Å². The summed E-state index contributed by atoms with van der Waals surface area (Å²) in [4.78, 5) is 9.90. The summed E-state index contributed by atoms with van der Waals surface area (Å²) in [5, 5.41) is 10.5. The summed E-state index contributed by atoms with van der Waals surface area (Å²) in [5.74, 6) is -10.2. The SMILES string of the molecule is O=[N+]([O-])c1ccc([C@H]2O[C@@H]2c2c(F)c(F)c(F)c(F)c2F)cc1. The number of hydrogen-bond acceptors (Lipinski definition) is 3. The Hall–Kier alpha value is -2.55. The van der Waals surface area contributed by atoms with Gasteiger partial charge in [0.15, 0.2) is 23.3 Å². The number of rotatable bonds is 3. The summed E-state index contributed by atoms with van der Waals surface area (Å²) < 4.78 is 71.6. The zero-order chi connectivity index (χ0) is 16.9. The first-order valence-electron chi connectivity index (χ1n) is 6.24. The van der Waals surface area contributed by atoms with Gasteiger partial charge in [0, 0.05) is 12.1 Å². The van der Waals surface area contributed by atoms with Gasteiger partial charge in [-0.3, -0.25) is 10.1 Å². The number of hydrogen-bond donors (Lipinski definition) is 0. The van der Waals surface area contributed by atoms with E-state index in [0.29, 0.717) is 5.56 Å². The molecule has 1 fully saturated rings. The standard InChI is InChI=1S/C14H6F5NO3/c15-8-7(9(16)11(18)12(19)10(8)17)14-13(23-14)5-1-3-6(4-2-5)20(21)22/h1-4,13-14H/t13-,14-/m1/s1. The fourth-order valence-corrected chi connectivity index (χ4v) is 2.24. The molecule has 0 radical (unpaired) electrons. The zero-order valence-electron chi connectivity index (χ0n) is 11.0. The summed E-state index contributed by atoms with van der Waals surface area (Å²) >= 11 is 0. The fraction of sp³-hybridized carbons (Fsp3) is 0.143. The van der Waals surface area contributed by atoms with Gasteiger partial charge in [0.2, 0.25) is 5.82 Å². The summed E-state index contributed by atoms with van der Waals surface area (Å²) in [6.45, 7) is 0. The van der Waals surface area contributed by atoms with Crippen LogP contribution < -0.4 is 0 Å². The largest absolute Gasteiger partial charge is 0.359 e. The molecule has 0 N–H and O–H groups in total. The van der Waals surface area contributed by atoms with Crippen molar-refractivity contribution in [2.75, 3.05) is 0 Å². The van der Waals surface area contributed by atoms with E-state index in [1.807, 2.05) is 0 Å². The minimum absolute atomic E-state index is 0.206. The molecule has 1 heterocycles. The van der Waals surface area contributed by atoms with Gasteiger partial charge >= 0.3 is 0 Å². The minimum atomic E-state index is -2.24. The highest BCUT2D eigenvalue weighted by molar-refractivity contribution is 5.38. The Morgan fingerprint density at radius 1 is 0.826 bits per heavy atom. The van der Waals surface area contributed by atoms with E-state index < -0.39 is 51.8 Å². The molecule has 1 aliphatic heterocycles. The number of nitrogens with zero attached hydrogens (tertiary/aromatic N) is 1. The molecule has 2 atom stereocenters. The van der Waals surface area contributed by atoms with Crippen LogP contribution in [0.3, 0.4) is 0 Å². The molecule has 0 saturated carbocycles. The van der Waals surface area contributed by atoms with Crippen molar-refractivity contribution in [1.29, 1.82) is 0 Å². The van der Waals surface area contributed by atoms with Gasteiger partial charge < -0.3 is 4.74 Å². The average molecular weight is 331 g/mol. The third-order valence-corrected chi connectivity index (χ3v) is 3.45. The molecule has 0 bridgehead atoms. The van der Waals surface area contributed by atoms with Crippen molar-refractivity contribution in [1.82, 2.24) is 0 Å². The first kappa shape index (κ1) is 15.3. The number of halogens is 5. The molecule has 1 saturated heterocycles. The quantitative estimate of drug-likeness (QED) is 0.212. The Morgan fingerprint density at radius 2 is 1.30 bits per heavy atom. The minimum Gasteiger partial charge on any atom is -0.359 e. The average Bonchev–Trinajstić information content (AvgIpc) is 3.31. The van der Waals surface area contributed by atoms with Crippen molar-refractivity contribution >= 4 is 5.69 Å². The molecule has 0 amide bonds. The molecule has 0 aliphatic carbocycles. The second-order valence-corrected chi connectivity index (χ2v) is 4.81. The Morgan fingerprint density at radius 3 is 1.78 bits per heavy atom. The molecular formula is C14H6F5NO3. The number of nitro groups is 1. The van der Waals surface area contributed by atoms with E-state index in [1.165, 1.54) is 12.1 Å². The van der Waals surface area contributed by atoms with Gasteiger partial charge in [-0.05, 0) is 17.7 Å². The Bertz CT molecular complexity index is 780. The summed E-state index contributed by atoms with van der Waals surface area (Å²) in [6, 6.07) is 4.86. The summed E-state index contributed by atoms with van der Waals surface area (Å²) in [5.41, 5.74) is -0.934. The van der Waals surface area contributed by atoms with E-state index in [2.05, 4.69) is 0 Å². The molecule has 23 heavy (non-hydrogen) atoms. The smallest absolute Gasteiger partial charge is 0.269 e. The van der Waals surface area contributed by atoms with Crippen LogP contribution >= 0.6 is 0 Å². The number of benzene rings is 2. The molecule has 2 aromatic rings. The summed E-state index contributed by atoms with van der Waals surface area (Å²) in [6.07, 6.45) is -2.29. The Kier molecular flexibility index (Phi) is 3.52. The number of nitro benzene ring substituents is 1. The number of non-ortho nitro benzene ring substituents is 1. The highest BCUT2D eigenvalue weighted by atomic mass is 19.2. The van der Waals surface area contributed by atoms with E-state index >= 15 is 0 Å².